The lowest BCUT2D eigenvalue weighted by atomic mass is 10.1. The Hall–Kier alpha value is -3.14. The number of aryl methyl sites for hydroxylation is 1. The van der Waals surface area contributed by atoms with Gasteiger partial charge < -0.3 is 14.4 Å². The molecule has 0 unspecified atom stereocenters. The molecule has 0 saturated carbocycles. The second kappa shape index (κ2) is 7.12. The standard InChI is InChI=1S/C21H23N7/c22-14-16-17-6-2-1-5-9-28(17)20-19(16)24-15-25-21(20)27-12-10-26(11-13-27)18-7-3-4-8-23-18/h3-4,7-8,15H,1-2,5-6,9-13H2. The Balaban J connectivity index is 1.50. The van der Waals surface area contributed by atoms with Gasteiger partial charge in [0.1, 0.15) is 29.2 Å². The first-order chi connectivity index (χ1) is 13.9. The van der Waals surface area contributed by atoms with Crippen molar-refractivity contribution < 1.29 is 0 Å². The molecule has 142 valence electrons. The number of nitrogens with zero attached hydrogens (tertiary/aromatic N) is 7. The van der Waals surface area contributed by atoms with E-state index in [1.807, 2.05) is 18.3 Å². The minimum absolute atomic E-state index is 0.743. The van der Waals surface area contributed by atoms with E-state index in [-0.39, 0.29) is 0 Å². The SMILES string of the molecule is N#Cc1c2n(c3c(N4CCN(c5ccccn5)CC4)ncnc13)CCCCC2. The van der Waals surface area contributed by atoms with E-state index in [4.69, 9.17) is 0 Å². The van der Waals surface area contributed by atoms with Gasteiger partial charge in [0, 0.05) is 44.6 Å². The Morgan fingerprint density at radius 1 is 0.893 bits per heavy atom. The van der Waals surface area contributed by atoms with Crippen LogP contribution in [0.4, 0.5) is 11.6 Å². The van der Waals surface area contributed by atoms with Gasteiger partial charge >= 0.3 is 0 Å². The first-order valence-electron chi connectivity index (χ1n) is 10.0. The van der Waals surface area contributed by atoms with Crippen LogP contribution in [0.1, 0.15) is 30.5 Å². The summed E-state index contributed by atoms with van der Waals surface area (Å²) in [6.07, 6.45) is 7.89. The molecular weight excluding hydrogens is 350 g/mol. The molecule has 0 N–H and O–H groups in total. The third kappa shape index (κ3) is 2.76. The Labute approximate surface area is 164 Å². The number of anilines is 2. The zero-order valence-corrected chi connectivity index (χ0v) is 15.9. The molecule has 3 aromatic rings. The molecule has 5 heterocycles. The van der Waals surface area contributed by atoms with E-state index < -0.39 is 0 Å². The molecule has 1 saturated heterocycles. The van der Waals surface area contributed by atoms with E-state index in [0.717, 1.165) is 85.9 Å². The smallest absolute Gasteiger partial charge is 0.156 e. The Kier molecular flexibility index (Phi) is 4.32. The lowest BCUT2D eigenvalue weighted by Gasteiger charge is -2.36. The summed E-state index contributed by atoms with van der Waals surface area (Å²) in [5, 5.41) is 9.78. The average molecular weight is 373 g/mol. The van der Waals surface area contributed by atoms with Crippen molar-refractivity contribution in [3.63, 3.8) is 0 Å². The van der Waals surface area contributed by atoms with Crippen molar-refractivity contribution in [2.24, 2.45) is 0 Å². The lowest BCUT2D eigenvalue weighted by Crippen LogP contribution is -2.47. The van der Waals surface area contributed by atoms with Crippen molar-refractivity contribution in [3.8, 4) is 6.07 Å². The second-order valence-corrected chi connectivity index (χ2v) is 7.45. The number of fused-ring (bicyclic) bond motifs is 3. The third-order valence-electron chi connectivity index (χ3n) is 5.88. The van der Waals surface area contributed by atoms with Crippen molar-refractivity contribution in [1.82, 2.24) is 19.5 Å². The number of nitriles is 1. The summed E-state index contributed by atoms with van der Waals surface area (Å²) in [6.45, 7) is 4.51. The van der Waals surface area contributed by atoms with Gasteiger partial charge in [-0.15, -0.1) is 0 Å². The van der Waals surface area contributed by atoms with Crippen LogP contribution in [0.3, 0.4) is 0 Å². The summed E-state index contributed by atoms with van der Waals surface area (Å²) in [5.74, 6) is 1.99. The molecule has 28 heavy (non-hydrogen) atoms. The van der Waals surface area contributed by atoms with E-state index in [1.54, 1.807) is 6.33 Å². The van der Waals surface area contributed by atoms with Crippen LogP contribution in [0.15, 0.2) is 30.7 Å². The number of pyridine rings is 1. The van der Waals surface area contributed by atoms with Gasteiger partial charge in [0.2, 0.25) is 0 Å². The maximum Gasteiger partial charge on any atom is 0.156 e. The van der Waals surface area contributed by atoms with E-state index in [1.165, 1.54) is 6.42 Å². The molecule has 7 nitrogen and oxygen atoms in total. The fourth-order valence-electron chi connectivity index (χ4n) is 4.49. The summed E-state index contributed by atoms with van der Waals surface area (Å²) >= 11 is 0. The summed E-state index contributed by atoms with van der Waals surface area (Å²) in [7, 11) is 0. The van der Waals surface area contributed by atoms with Crippen molar-refractivity contribution in [1.29, 1.82) is 5.26 Å². The van der Waals surface area contributed by atoms with Gasteiger partial charge in [-0.05, 0) is 31.4 Å². The van der Waals surface area contributed by atoms with Gasteiger partial charge in [-0.3, -0.25) is 0 Å². The topological polar surface area (TPSA) is 73.9 Å². The molecule has 3 aromatic heterocycles. The molecule has 0 aliphatic carbocycles. The number of rotatable bonds is 2. The van der Waals surface area contributed by atoms with Crippen molar-refractivity contribution in [2.75, 3.05) is 36.0 Å². The van der Waals surface area contributed by atoms with E-state index >= 15 is 0 Å². The molecule has 5 rings (SSSR count). The first kappa shape index (κ1) is 17.0. The summed E-state index contributed by atoms with van der Waals surface area (Å²) in [5.41, 5.74) is 3.75. The Morgan fingerprint density at radius 3 is 2.54 bits per heavy atom. The zero-order chi connectivity index (χ0) is 18.9. The van der Waals surface area contributed by atoms with Crippen LogP contribution >= 0.6 is 0 Å². The van der Waals surface area contributed by atoms with Crippen LogP contribution in [0.2, 0.25) is 0 Å². The molecule has 7 heteroatoms. The zero-order valence-electron chi connectivity index (χ0n) is 15.9. The fourth-order valence-corrected chi connectivity index (χ4v) is 4.49. The minimum atomic E-state index is 0.743. The Bertz CT molecular complexity index is 1030. The maximum absolute atomic E-state index is 9.78. The molecule has 2 aliphatic rings. The third-order valence-corrected chi connectivity index (χ3v) is 5.88. The van der Waals surface area contributed by atoms with Crippen LogP contribution in [0.5, 0.6) is 0 Å². The predicted octanol–water partition coefficient (Wildman–Crippen LogP) is 2.75. The monoisotopic (exact) mass is 373 g/mol. The summed E-state index contributed by atoms with van der Waals surface area (Å²) in [4.78, 5) is 18.3. The molecule has 0 bridgehead atoms. The van der Waals surface area contributed by atoms with Crippen molar-refractivity contribution in [2.45, 2.75) is 32.2 Å². The number of aromatic nitrogens is 4. The minimum Gasteiger partial charge on any atom is -0.353 e. The fraction of sp³-hybridized carbons (Fsp3) is 0.429. The summed E-state index contributed by atoms with van der Waals surface area (Å²) in [6, 6.07) is 8.46. The molecule has 2 aliphatic heterocycles. The van der Waals surface area contributed by atoms with Crippen molar-refractivity contribution >= 4 is 22.7 Å². The number of hydrogen-bond donors (Lipinski definition) is 0. The van der Waals surface area contributed by atoms with Crippen LogP contribution in [-0.4, -0.2) is 45.7 Å². The molecule has 0 radical (unpaired) electrons. The molecule has 0 atom stereocenters. The highest BCUT2D eigenvalue weighted by Crippen LogP contribution is 2.33. The van der Waals surface area contributed by atoms with Crippen LogP contribution in [-0.2, 0) is 13.0 Å². The molecular formula is C21H23N7. The van der Waals surface area contributed by atoms with E-state index in [9.17, 15) is 5.26 Å². The van der Waals surface area contributed by atoms with Gasteiger partial charge in [0.25, 0.3) is 0 Å². The second-order valence-electron chi connectivity index (χ2n) is 7.45. The van der Waals surface area contributed by atoms with Gasteiger partial charge in [-0.2, -0.15) is 5.26 Å². The maximum atomic E-state index is 9.78. The van der Waals surface area contributed by atoms with Gasteiger partial charge in [-0.25, -0.2) is 15.0 Å². The first-order valence-corrected chi connectivity index (χ1v) is 10.0. The lowest BCUT2D eigenvalue weighted by molar-refractivity contribution is 0.632. The predicted molar refractivity (Wildman–Crippen MR) is 108 cm³/mol. The highest BCUT2D eigenvalue weighted by atomic mass is 15.3. The van der Waals surface area contributed by atoms with Crippen LogP contribution in [0, 0.1) is 11.3 Å². The molecule has 0 spiro atoms. The van der Waals surface area contributed by atoms with Crippen molar-refractivity contribution in [3.05, 3.63) is 42.0 Å². The van der Waals surface area contributed by atoms with Crippen LogP contribution < -0.4 is 9.80 Å². The highest BCUT2D eigenvalue weighted by Gasteiger charge is 2.26. The molecule has 0 aromatic carbocycles. The van der Waals surface area contributed by atoms with E-state index in [2.05, 4.69) is 41.5 Å². The van der Waals surface area contributed by atoms with Gasteiger partial charge in [0.15, 0.2) is 5.82 Å². The number of hydrogen-bond acceptors (Lipinski definition) is 6. The van der Waals surface area contributed by atoms with Crippen LogP contribution in [0.25, 0.3) is 11.0 Å². The largest absolute Gasteiger partial charge is 0.353 e. The normalized spacial score (nSPS) is 17.2. The molecule has 0 amide bonds. The highest BCUT2D eigenvalue weighted by molar-refractivity contribution is 5.92. The average Bonchev–Trinajstić information content (AvgIpc) is 2.89. The number of piperazine rings is 1. The van der Waals surface area contributed by atoms with Gasteiger partial charge in [0.05, 0.1) is 5.56 Å². The Morgan fingerprint density at radius 2 is 1.75 bits per heavy atom. The molecule has 1 fully saturated rings. The summed E-state index contributed by atoms with van der Waals surface area (Å²) < 4.78 is 2.32. The quantitative estimate of drug-likeness (QED) is 0.688. The van der Waals surface area contributed by atoms with Gasteiger partial charge in [-0.1, -0.05) is 12.5 Å². The van der Waals surface area contributed by atoms with E-state index in [0.29, 0.717) is 0 Å².